The van der Waals surface area contributed by atoms with Gasteiger partial charge in [0.15, 0.2) is 0 Å². The highest BCUT2D eigenvalue weighted by atomic mass is 16.5. The van der Waals surface area contributed by atoms with E-state index in [0.29, 0.717) is 6.54 Å². The van der Waals surface area contributed by atoms with Crippen molar-refractivity contribution in [1.29, 1.82) is 0 Å². The molecule has 0 spiro atoms. The number of hydrogen-bond donors (Lipinski definition) is 3. The van der Waals surface area contributed by atoms with Gasteiger partial charge in [-0.05, 0) is 33.1 Å². The Morgan fingerprint density at radius 2 is 1.47 bits per heavy atom. The van der Waals surface area contributed by atoms with E-state index in [1.807, 2.05) is 62.4 Å². The molecule has 0 aromatic heterocycles. The Balaban J connectivity index is 1.64. The van der Waals surface area contributed by atoms with Crippen LogP contribution in [0, 0.1) is 10.8 Å². The van der Waals surface area contributed by atoms with Crippen LogP contribution in [0.15, 0.2) is 48.5 Å². The van der Waals surface area contributed by atoms with Crippen LogP contribution in [0.4, 0.5) is 4.79 Å². The number of aliphatic carboxylic acids is 1. The van der Waals surface area contributed by atoms with Gasteiger partial charge in [-0.2, -0.15) is 0 Å². The molecule has 1 aliphatic rings. The van der Waals surface area contributed by atoms with E-state index in [0.717, 1.165) is 22.3 Å². The summed E-state index contributed by atoms with van der Waals surface area (Å²) in [7, 11) is 0. The molecule has 1 atom stereocenters. The number of ether oxygens (including phenoxy) is 1. The maximum Gasteiger partial charge on any atom is 0.407 e. The van der Waals surface area contributed by atoms with Crippen LogP contribution in [0.3, 0.4) is 0 Å². The summed E-state index contributed by atoms with van der Waals surface area (Å²) < 4.78 is 5.48. The molecule has 182 valence electrons. The Morgan fingerprint density at radius 3 is 1.97 bits per heavy atom. The number of rotatable bonds is 8. The summed E-state index contributed by atoms with van der Waals surface area (Å²) in [5.41, 5.74) is 4.04. The summed E-state index contributed by atoms with van der Waals surface area (Å²) in [6, 6.07) is 14.7. The molecule has 7 heteroatoms. The number of carboxylic acids is 1. The second kappa shape index (κ2) is 9.87. The largest absolute Gasteiger partial charge is 0.481 e. The highest BCUT2D eigenvalue weighted by Gasteiger charge is 2.34. The van der Waals surface area contributed by atoms with Gasteiger partial charge < -0.3 is 20.5 Å². The van der Waals surface area contributed by atoms with Crippen LogP contribution in [0.5, 0.6) is 0 Å². The fourth-order valence-electron chi connectivity index (χ4n) is 3.86. The van der Waals surface area contributed by atoms with E-state index < -0.39 is 30.4 Å². The molecule has 0 fully saturated rings. The first-order valence-electron chi connectivity index (χ1n) is 11.5. The van der Waals surface area contributed by atoms with Gasteiger partial charge in [0.25, 0.3) is 0 Å². The smallest absolute Gasteiger partial charge is 0.407 e. The van der Waals surface area contributed by atoms with E-state index in [-0.39, 0.29) is 23.4 Å². The van der Waals surface area contributed by atoms with Crippen LogP contribution in [0.1, 0.15) is 58.1 Å². The molecule has 2 aromatic rings. The van der Waals surface area contributed by atoms with Crippen molar-refractivity contribution in [3.8, 4) is 11.1 Å². The molecule has 1 unspecified atom stereocenters. The average molecular weight is 467 g/mol. The first-order chi connectivity index (χ1) is 15.9. The van der Waals surface area contributed by atoms with Crippen molar-refractivity contribution in [2.24, 2.45) is 10.8 Å². The Morgan fingerprint density at radius 1 is 0.941 bits per heavy atom. The molecule has 0 radical (unpaired) electrons. The quantitative estimate of drug-likeness (QED) is 0.529. The van der Waals surface area contributed by atoms with E-state index in [1.54, 1.807) is 0 Å². The molecule has 0 bridgehead atoms. The summed E-state index contributed by atoms with van der Waals surface area (Å²) in [6.07, 6.45) is -1.36. The second-order valence-corrected chi connectivity index (χ2v) is 10.5. The number of carbonyl (C=O) groups is 3. The molecule has 2 aromatic carbocycles. The van der Waals surface area contributed by atoms with Crippen molar-refractivity contribution in [1.82, 2.24) is 10.6 Å². The molecule has 0 saturated carbocycles. The second-order valence-electron chi connectivity index (χ2n) is 10.5. The van der Waals surface area contributed by atoms with Gasteiger partial charge in [-0.15, -0.1) is 0 Å². The number of hydrogen-bond acceptors (Lipinski definition) is 4. The topological polar surface area (TPSA) is 105 Å². The van der Waals surface area contributed by atoms with Gasteiger partial charge in [0.05, 0.1) is 6.42 Å². The van der Waals surface area contributed by atoms with Gasteiger partial charge in [-0.25, -0.2) is 4.79 Å². The first kappa shape index (κ1) is 25.3. The van der Waals surface area contributed by atoms with Gasteiger partial charge >= 0.3 is 12.1 Å². The van der Waals surface area contributed by atoms with E-state index in [4.69, 9.17) is 4.74 Å². The highest BCUT2D eigenvalue weighted by molar-refractivity contribution is 5.89. The van der Waals surface area contributed by atoms with Gasteiger partial charge in [-0.1, -0.05) is 83.1 Å². The predicted octanol–water partition coefficient (Wildman–Crippen LogP) is 4.56. The van der Waals surface area contributed by atoms with E-state index >= 15 is 0 Å². The lowest BCUT2D eigenvalue weighted by Gasteiger charge is -2.39. The SMILES string of the molecule is CC(C)(C)C(C)(C)CNC(=O)C(CC(=O)O)NC(=O)OCC1c2ccccc2-c2ccccc21. The summed E-state index contributed by atoms with van der Waals surface area (Å²) in [6.45, 7) is 10.7. The fraction of sp³-hybridized carbons (Fsp3) is 0.444. The Bertz CT molecular complexity index is 1030. The molecule has 0 aliphatic heterocycles. The van der Waals surface area contributed by atoms with Crippen LogP contribution in [0.25, 0.3) is 11.1 Å². The third kappa shape index (κ3) is 5.58. The van der Waals surface area contributed by atoms with Crippen LogP contribution in [-0.2, 0) is 14.3 Å². The molecule has 34 heavy (non-hydrogen) atoms. The third-order valence-corrected chi connectivity index (χ3v) is 7.07. The standard InChI is InChI=1S/C27H34N2O5/c1-26(2,3)27(4,5)16-28-24(32)22(14-23(30)31)29-25(33)34-15-21-19-12-8-6-10-17(19)18-11-7-9-13-20(18)21/h6-13,21-22H,14-16H2,1-5H3,(H,28,32)(H,29,33)(H,30,31). The molecule has 2 amide bonds. The number of nitrogens with one attached hydrogen (secondary N) is 2. The fourth-order valence-corrected chi connectivity index (χ4v) is 3.86. The zero-order chi connectivity index (χ0) is 25.1. The normalized spacial score (nSPS) is 14.0. The van der Waals surface area contributed by atoms with Crippen LogP contribution >= 0.6 is 0 Å². The average Bonchev–Trinajstić information content (AvgIpc) is 3.08. The summed E-state index contributed by atoms with van der Waals surface area (Å²) in [4.78, 5) is 36.6. The number of amides is 2. The highest BCUT2D eigenvalue weighted by Crippen LogP contribution is 2.44. The Kier molecular flexibility index (Phi) is 7.34. The Hall–Kier alpha value is -3.35. The van der Waals surface area contributed by atoms with Crippen molar-refractivity contribution in [2.75, 3.05) is 13.2 Å². The molecule has 7 nitrogen and oxygen atoms in total. The molecular formula is C27H34N2O5. The number of carboxylic acid groups (broad SMARTS) is 1. The molecular weight excluding hydrogens is 432 g/mol. The maximum atomic E-state index is 12.7. The van der Waals surface area contributed by atoms with E-state index in [1.165, 1.54) is 0 Å². The first-order valence-corrected chi connectivity index (χ1v) is 11.5. The number of alkyl carbamates (subject to hydrolysis) is 1. The lowest BCUT2D eigenvalue weighted by molar-refractivity contribution is -0.140. The molecule has 1 aliphatic carbocycles. The van der Waals surface area contributed by atoms with Crippen LogP contribution < -0.4 is 10.6 Å². The van der Waals surface area contributed by atoms with Crippen LogP contribution in [-0.4, -0.2) is 42.3 Å². The van der Waals surface area contributed by atoms with Crippen molar-refractivity contribution >= 4 is 18.0 Å². The third-order valence-electron chi connectivity index (χ3n) is 7.07. The zero-order valence-corrected chi connectivity index (χ0v) is 20.5. The monoisotopic (exact) mass is 466 g/mol. The summed E-state index contributed by atoms with van der Waals surface area (Å²) in [5, 5.41) is 14.5. The molecule has 0 saturated heterocycles. The van der Waals surface area contributed by atoms with Crippen molar-refractivity contribution in [3.63, 3.8) is 0 Å². The minimum Gasteiger partial charge on any atom is -0.481 e. The van der Waals surface area contributed by atoms with E-state index in [2.05, 4.69) is 31.4 Å². The van der Waals surface area contributed by atoms with Gasteiger partial charge in [-0.3, -0.25) is 9.59 Å². The summed E-state index contributed by atoms with van der Waals surface area (Å²) >= 11 is 0. The predicted molar refractivity (Wildman–Crippen MR) is 130 cm³/mol. The van der Waals surface area contributed by atoms with Crippen molar-refractivity contribution in [2.45, 2.75) is 53.0 Å². The lowest BCUT2D eigenvalue weighted by Crippen LogP contribution is -2.51. The van der Waals surface area contributed by atoms with Gasteiger partial charge in [0, 0.05) is 12.5 Å². The zero-order valence-electron chi connectivity index (χ0n) is 20.5. The molecule has 0 heterocycles. The van der Waals surface area contributed by atoms with Gasteiger partial charge in [0.2, 0.25) is 5.91 Å². The summed E-state index contributed by atoms with van der Waals surface area (Å²) in [5.74, 6) is -1.86. The Labute approximate surface area is 200 Å². The number of carbonyl (C=O) groups excluding carboxylic acids is 2. The minimum absolute atomic E-state index is 0.0806. The minimum atomic E-state index is -1.23. The molecule has 3 rings (SSSR count). The van der Waals surface area contributed by atoms with Gasteiger partial charge in [0.1, 0.15) is 12.6 Å². The molecule has 3 N–H and O–H groups in total. The maximum absolute atomic E-state index is 12.7. The lowest BCUT2D eigenvalue weighted by atomic mass is 9.69. The van der Waals surface area contributed by atoms with Crippen molar-refractivity contribution < 1.29 is 24.2 Å². The van der Waals surface area contributed by atoms with Crippen molar-refractivity contribution in [3.05, 3.63) is 59.7 Å². The number of fused-ring (bicyclic) bond motifs is 3. The number of benzene rings is 2. The van der Waals surface area contributed by atoms with Crippen LogP contribution in [0.2, 0.25) is 0 Å². The van der Waals surface area contributed by atoms with E-state index in [9.17, 15) is 19.5 Å².